The zero-order chi connectivity index (χ0) is 12.3. The van der Waals surface area contributed by atoms with Crippen LogP contribution in [0, 0.1) is 5.92 Å². The topological polar surface area (TPSA) is 104 Å². The monoisotopic (exact) mass is 226 g/mol. The lowest BCUT2D eigenvalue weighted by molar-refractivity contribution is -0.143. The highest BCUT2D eigenvalue weighted by molar-refractivity contribution is 5.83. The summed E-state index contributed by atoms with van der Waals surface area (Å²) < 4.78 is 4.75. The van der Waals surface area contributed by atoms with Crippen molar-refractivity contribution < 1.29 is 29.6 Å². The van der Waals surface area contributed by atoms with Gasteiger partial charge in [-0.05, 0) is 12.7 Å². The Morgan fingerprint density at radius 3 is 2.50 bits per heavy atom. The molecule has 1 rings (SSSR count). The van der Waals surface area contributed by atoms with E-state index in [9.17, 15) is 14.7 Å². The zero-order valence-electron chi connectivity index (χ0n) is 8.16. The molecule has 3 N–H and O–H groups in total. The number of carboxylic acid groups (broad SMARTS) is 2. The maximum Gasteiger partial charge on any atom is 0.371 e. The molecule has 0 aromatic rings. The zero-order valence-corrected chi connectivity index (χ0v) is 8.16. The molecule has 0 amide bonds. The molecule has 86 valence electrons. The average Bonchev–Trinajstić information content (AvgIpc) is 2.20. The first-order chi connectivity index (χ1) is 7.43. The highest BCUT2D eigenvalue weighted by Gasteiger charge is 2.31. The van der Waals surface area contributed by atoms with E-state index in [0.29, 0.717) is 0 Å². The number of aliphatic hydroxyl groups excluding tert-OH is 1. The Morgan fingerprint density at radius 1 is 1.38 bits per heavy atom. The molecule has 16 heavy (non-hydrogen) atoms. The van der Waals surface area contributed by atoms with Gasteiger partial charge in [0.15, 0.2) is 0 Å². The molecule has 2 unspecified atom stereocenters. The number of carboxylic acids is 2. The SMILES string of the molecule is C=C(OC1=CC=CC(C(=O)O)C1O)C(=O)O. The van der Waals surface area contributed by atoms with Crippen LogP contribution in [0.15, 0.2) is 36.3 Å². The predicted octanol–water partition coefficient (Wildman–Crippen LogP) is 0.117. The van der Waals surface area contributed by atoms with Crippen molar-refractivity contribution >= 4 is 11.9 Å². The first-order valence-corrected chi connectivity index (χ1v) is 4.32. The average molecular weight is 226 g/mol. The number of hydrogen-bond acceptors (Lipinski definition) is 4. The van der Waals surface area contributed by atoms with E-state index in [4.69, 9.17) is 14.9 Å². The van der Waals surface area contributed by atoms with E-state index in [1.165, 1.54) is 18.2 Å². The van der Waals surface area contributed by atoms with Crippen LogP contribution in [0.5, 0.6) is 0 Å². The van der Waals surface area contributed by atoms with Crippen molar-refractivity contribution in [1.29, 1.82) is 0 Å². The second kappa shape index (κ2) is 4.63. The van der Waals surface area contributed by atoms with Gasteiger partial charge < -0.3 is 20.1 Å². The number of aliphatic carboxylic acids is 2. The van der Waals surface area contributed by atoms with Crippen LogP contribution in [-0.4, -0.2) is 33.4 Å². The van der Waals surface area contributed by atoms with Crippen LogP contribution in [0.1, 0.15) is 0 Å². The molecule has 0 heterocycles. The highest BCUT2D eigenvalue weighted by Crippen LogP contribution is 2.22. The van der Waals surface area contributed by atoms with Crippen molar-refractivity contribution in [3.05, 3.63) is 36.3 Å². The molecule has 2 atom stereocenters. The predicted molar refractivity (Wildman–Crippen MR) is 52.2 cm³/mol. The summed E-state index contributed by atoms with van der Waals surface area (Å²) in [5.41, 5.74) is 0. The molecule has 0 aromatic carbocycles. The molecule has 1 aliphatic rings. The Morgan fingerprint density at radius 2 is 2.00 bits per heavy atom. The molecule has 6 heteroatoms. The number of hydrogen-bond donors (Lipinski definition) is 3. The largest absolute Gasteiger partial charge is 0.481 e. The Labute approximate surface area is 90.8 Å². The highest BCUT2D eigenvalue weighted by atomic mass is 16.5. The summed E-state index contributed by atoms with van der Waals surface area (Å²) in [6.45, 7) is 3.11. The van der Waals surface area contributed by atoms with Gasteiger partial charge >= 0.3 is 11.9 Å². The van der Waals surface area contributed by atoms with Gasteiger partial charge in [0, 0.05) is 0 Å². The minimum absolute atomic E-state index is 0.151. The van der Waals surface area contributed by atoms with Crippen LogP contribution >= 0.6 is 0 Å². The van der Waals surface area contributed by atoms with Gasteiger partial charge in [-0.3, -0.25) is 4.79 Å². The molecule has 0 aromatic heterocycles. The van der Waals surface area contributed by atoms with E-state index >= 15 is 0 Å². The Bertz CT molecular complexity index is 392. The number of rotatable bonds is 4. The summed E-state index contributed by atoms with van der Waals surface area (Å²) in [6, 6.07) is 0. The molecule has 0 spiro atoms. The van der Waals surface area contributed by atoms with Crippen molar-refractivity contribution in [2.24, 2.45) is 5.92 Å². The molecule has 6 nitrogen and oxygen atoms in total. The number of ether oxygens (including phenoxy) is 1. The molecule has 0 saturated carbocycles. The first kappa shape index (κ1) is 12.0. The van der Waals surface area contributed by atoms with Crippen LogP contribution in [-0.2, 0) is 14.3 Å². The van der Waals surface area contributed by atoms with Crippen LogP contribution < -0.4 is 0 Å². The second-order valence-corrected chi connectivity index (χ2v) is 3.09. The number of carbonyl (C=O) groups is 2. The third-order valence-electron chi connectivity index (χ3n) is 1.98. The molecule has 0 radical (unpaired) electrons. The summed E-state index contributed by atoms with van der Waals surface area (Å²) in [5, 5.41) is 26.8. The third kappa shape index (κ3) is 2.48. The Kier molecular flexibility index (Phi) is 3.47. The van der Waals surface area contributed by atoms with E-state index in [1.54, 1.807) is 0 Å². The van der Waals surface area contributed by atoms with Crippen molar-refractivity contribution in [3.63, 3.8) is 0 Å². The van der Waals surface area contributed by atoms with Gasteiger partial charge in [-0.25, -0.2) is 4.79 Å². The Balaban J connectivity index is 2.79. The minimum atomic E-state index is -1.42. The maximum atomic E-state index is 10.7. The second-order valence-electron chi connectivity index (χ2n) is 3.09. The smallest absolute Gasteiger partial charge is 0.371 e. The van der Waals surface area contributed by atoms with E-state index < -0.39 is 29.7 Å². The van der Waals surface area contributed by atoms with Gasteiger partial charge in [0.1, 0.15) is 17.8 Å². The molecule has 0 fully saturated rings. The molecule has 0 aliphatic heterocycles. The molecule has 0 bridgehead atoms. The van der Waals surface area contributed by atoms with Crippen LogP contribution in [0.3, 0.4) is 0 Å². The lowest BCUT2D eigenvalue weighted by Crippen LogP contribution is -2.31. The molecule has 1 aliphatic carbocycles. The lowest BCUT2D eigenvalue weighted by atomic mass is 9.96. The van der Waals surface area contributed by atoms with Crippen LogP contribution in [0.25, 0.3) is 0 Å². The standard InChI is InChI=1S/C10H10O6/c1-5(9(12)13)16-7-4-2-3-6(8(7)11)10(14)15/h2-4,6,8,11H,1H2,(H,12,13)(H,14,15). The maximum absolute atomic E-state index is 10.7. The van der Waals surface area contributed by atoms with Gasteiger partial charge in [0.2, 0.25) is 5.76 Å². The summed E-state index contributed by atoms with van der Waals surface area (Å²) in [7, 11) is 0. The fourth-order valence-electron chi connectivity index (χ4n) is 1.15. The molecule has 0 saturated heterocycles. The van der Waals surface area contributed by atoms with Crippen LogP contribution in [0.2, 0.25) is 0 Å². The van der Waals surface area contributed by atoms with E-state index in [0.717, 1.165) is 0 Å². The fraction of sp³-hybridized carbons (Fsp3) is 0.200. The van der Waals surface area contributed by atoms with Crippen LogP contribution in [0.4, 0.5) is 0 Å². The van der Waals surface area contributed by atoms with E-state index in [-0.39, 0.29) is 5.76 Å². The van der Waals surface area contributed by atoms with Gasteiger partial charge in [0.05, 0.1) is 0 Å². The normalized spacial score (nSPS) is 23.4. The summed E-state index contributed by atoms with van der Waals surface area (Å²) >= 11 is 0. The molecular formula is C10H10O6. The van der Waals surface area contributed by atoms with Gasteiger partial charge in [-0.2, -0.15) is 0 Å². The van der Waals surface area contributed by atoms with Gasteiger partial charge in [0.25, 0.3) is 0 Å². The lowest BCUT2D eigenvalue weighted by Gasteiger charge is -2.21. The van der Waals surface area contributed by atoms with Crippen molar-refractivity contribution in [1.82, 2.24) is 0 Å². The van der Waals surface area contributed by atoms with E-state index in [1.807, 2.05) is 0 Å². The minimum Gasteiger partial charge on any atom is -0.481 e. The fourth-order valence-corrected chi connectivity index (χ4v) is 1.15. The van der Waals surface area contributed by atoms with Crippen molar-refractivity contribution in [2.75, 3.05) is 0 Å². The number of aliphatic hydroxyl groups is 1. The van der Waals surface area contributed by atoms with Gasteiger partial charge in [-0.15, -0.1) is 0 Å². The summed E-state index contributed by atoms with van der Waals surface area (Å²) in [6.07, 6.45) is 2.52. The van der Waals surface area contributed by atoms with Crippen molar-refractivity contribution in [2.45, 2.75) is 6.10 Å². The third-order valence-corrected chi connectivity index (χ3v) is 1.98. The molecular weight excluding hydrogens is 216 g/mol. The van der Waals surface area contributed by atoms with Gasteiger partial charge in [-0.1, -0.05) is 12.2 Å². The summed E-state index contributed by atoms with van der Waals surface area (Å²) in [5.74, 6) is -4.48. The Hall–Kier alpha value is -2.08. The van der Waals surface area contributed by atoms with Crippen molar-refractivity contribution in [3.8, 4) is 0 Å². The first-order valence-electron chi connectivity index (χ1n) is 4.32. The summed E-state index contributed by atoms with van der Waals surface area (Å²) in [4.78, 5) is 21.1. The number of allylic oxidation sites excluding steroid dienone is 2. The van der Waals surface area contributed by atoms with E-state index in [2.05, 4.69) is 6.58 Å². The quantitative estimate of drug-likeness (QED) is 0.464.